The lowest BCUT2D eigenvalue weighted by atomic mass is 10.0. The third-order valence-corrected chi connectivity index (χ3v) is 8.89. The molecule has 216 valence electrons. The van der Waals surface area contributed by atoms with Gasteiger partial charge in [-0.05, 0) is 57.0 Å². The Morgan fingerprint density at radius 1 is 0.829 bits per heavy atom. The molecule has 3 heterocycles. The number of primary amides is 1. The Bertz CT molecular complexity index is 1310. The molecule has 0 unspecified atom stereocenters. The molecule has 2 saturated heterocycles. The number of nitrogens with zero attached hydrogens (tertiary/aromatic N) is 5. The van der Waals surface area contributed by atoms with E-state index in [1.54, 1.807) is 0 Å². The molecule has 0 atom stereocenters. The van der Waals surface area contributed by atoms with Gasteiger partial charge >= 0.3 is 0 Å². The fraction of sp³-hybridized carbons (Fsp3) is 0.469. The van der Waals surface area contributed by atoms with E-state index in [1.807, 2.05) is 42.5 Å². The van der Waals surface area contributed by atoms with Crippen LogP contribution in [-0.2, 0) is 0 Å². The second-order valence-electron chi connectivity index (χ2n) is 11.7. The smallest absolute Gasteiger partial charge is 0.271 e. The number of nitrogens with two attached hydrogens (primary N) is 1. The van der Waals surface area contributed by atoms with Gasteiger partial charge in [0, 0.05) is 68.3 Å². The largest absolute Gasteiger partial charge is 0.371 e. The molecule has 3 aliphatic rings. The number of benzene rings is 2. The van der Waals surface area contributed by atoms with Crippen molar-refractivity contribution >= 4 is 28.9 Å². The molecule has 3 fully saturated rings. The molecule has 0 radical (unpaired) electrons. The molecule has 2 aromatic carbocycles. The lowest BCUT2D eigenvalue weighted by Gasteiger charge is -2.42. The molecule has 4 N–H and O–H groups in total. The van der Waals surface area contributed by atoms with E-state index < -0.39 is 5.91 Å². The summed E-state index contributed by atoms with van der Waals surface area (Å²) in [6.45, 7) is 6.84. The molecule has 0 bridgehead atoms. The van der Waals surface area contributed by atoms with Crippen LogP contribution in [0.5, 0.6) is 0 Å². The molecule has 1 amide bonds. The first-order chi connectivity index (χ1) is 20.0. The number of piperazine rings is 1. The van der Waals surface area contributed by atoms with Gasteiger partial charge in [0.2, 0.25) is 0 Å². The Labute approximate surface area is 243 Å². The number of carbonyl (C=O) groups is 1. The topological polar surface area (TPSA) is 103 Å². The third-order valence-electron chi connectivity index (χ3n) is 8.89. The molecule has 1 aliphatic carbocycles. The Morgan fingerprint density at radius 2 is 1.51 bits per heavy atom. The number of aromatic nitrogens is 2. The van der Waals surface area contributed by atoms with Crippen LogP contribution in [0.25, 0.3) is 11.3 Å². The number of carbonyl (C=O) groups excluding carboxylic acids is 1. The van der Waals surface area contributed by atoms with Gasteiger partial charge in [-0.1, -0.05) is 43.2 Å². The van der Waals surface area contributed by atoms with Crippen LogP contribution in [0.1, 0.15) is 49.0 Å². The lowest BCUT2D eigenvalue weighted by Crippen LogP contribution is -2.52. The molecular formula is C32H42N8O. The van der Waals surface area contributed by atoms with Crippen molar-refractivity contribution in [2.45, 2.75) is 50.6 Å². The second kappa shape index (κ2) is 12.4. The summed E-state index contributed by atoms with van der Waals surface area (Å²) in [5.74, 6) is 0.443. The maximum atomic E-state index is 12.5. The van der Waals surface area contributed by atoms with Gasteiger partial charge in [-0.25, -0.2) is 9.97 Å². The van der Waals surface area contributed by atoms with Crippen molar-refractivity contribution in [1.82, 2.24) is 19.8 Å². The summed E-state index contributed by atoms with van der Waals surface area (Å²) in [4.78, 5) is 29.7. The molecule has 2 aliphatic heterocycles. The van der Waals surface area contributed by atoms with Gasteiger partial charge in [0.25, 0.3) is 5.91 Å². The highest BCUT2D eigenvalue weighted by atomic mass is 16.1. The highest BCUT2D eigenvalue weighted by molar-refractivity contribution is 5.97. The minimum absolute atomic E-state index is 0.135. The van der Waals surface area contributed by atoms with Gasteiger partial charge in [0.05, 0.1) is 0 Å². The van der Waals surface area contributed by atoms with Gasteiger partial charge in [-0.15, -0.1) is 0 Å². The summed E-state index contributed by atoms with van der Waals surface area (Å²) in [6, 6.07) is 19.3. The SMILES string of the molecule is CN1CCN(C2CCN(c3ccc(Nc4nc(NC5CCCC5)c(-c5ccccc5)nc4C(N)=O)cc3)CC2)CC1. The number of piperidine rings is 1. The lowest BCUT2D eigenvalue weighted by molar-refractivity contribution is 0.0982. The molecule has 9 nitrogen and oxygen atoms in total. The van der Waals surface area contributed by atoms with Crippen LogP contribution >= 0.6 is 0 Å². The van der Waals surface area contributed by atoms with E-state index >= 15 is 0 Å². The van der Waals surface area contributed by atoms with Crippen LogP contribution in [0.15, 0.2) is 54.6 Å². The van der Waals surface area contributed by atoms with Crippen molar-refractivity contribution in [3.8, 4) is 11.3 Å². The maximum Gasteiger partial charge on any atom is 0.271 e. The summed E-state index contributed by atoms with van der Waals surface area (Å²) in [6.07, 6.45) is 7.01. The van der Waals surface area contributed by atoms with Gasteiger partial charge in [-0.2, -0.15) is 0 Å². The average Bonchev–Trinajstić information content (AvgIpc) is 3.52. The van der Waals surface area contributed by atoms with Crippen molar-refractivity contribution in [1.29, 1.82) is 0 Å². The summed E-state index contributed by atoms with van der Waals surface area (Å²) < 4.78 is 0. The van der Waals surface area contributed by atoms with E-state index in [2.05, 4.69) is 44.5 Å². The second-order valence-corrected chi connectivity index (χ2v) is 11.7. The monoisotopic (exact) mass is 554 g/mol. The van der Waals surface area contributed by atoms with E-state index in [9.17, 15) is 4.79 Å². The average molecular weight is 555 g/mol. The Balaban J connectivity index is 1.18. The number of hydrogen-bond acceptors (Lipinski definition) is 8. The molecule has 1 saturated carbocycles. The maximum absolute atomic E-state index is 12.5. The van der Waals surface area contributed by atoms with Crippen LogP contribution in [0, 0.1) is 0 Å². The first kappa shape index (κ1) is 27.5. The minimum atomic E-state index is -0.607. The first-order valence-electron chi connectivity index (χ1n) is 15.1. The Hall–Kier alpha value is -3.69. The number of amides is 1. The summed E-state index contributed by atoms with van der Waals surface area (Å²) >= 11 is 0. The van der Waals surface area contributed by atoms with E-state index in [-0.39, 0.29) is 5.69 Å². The van der Waals surface area contributed by atoms with Gasteiger partial charge < -0.3 is 26.2 Å². The standard InChI is InChI=1S/C32H42N8O/c1-38-19-21-40(22-20-38)27-15-17-39(18-16-27)26-13-11-25(12-14-26)35-32-29(30(33)41)36-28(23-7-3-2-4-8-23)31(37-32)34-24-9-5-6-10-24/h2-4,7-8,11-14,24,27H,5-6,9-10,15-22H2,1H3,(H2,33,41)(H2,34,35,37). The molecule has 41 heavy (non-hydrogen) atoms. The van der Waals surface area contributed by atoms with Crippen LogP contribution in [0.4, 0.5) is 23.0 Å². The number of nitrogens with one attached hydrogen (secondary N) is 2. The van der Waals surface area contributed by atoms with Gasteiger partial charge in [0.15, 0.2) is 17.3 Å². The molecule has 6 rings (SSSR count). The normalized spacial score (nSPS) is 19.4. The zero-order valence-corrected chi connectivity index (χ0v) is 24.1. The van der Waals surface area contributed by atoms with Gasteiger partial charge in [-0.3, -0.25) is 9.69 Å². The summed E-state index contributed by atoms with van der Waals surface area (Å²) in [5.41, 5.74) is 9.55. The first-order valence-corrected chi connectivity index (χ1v) is 15.1. The number of anilines is 4. The molecule has 1 aromatic heterocycles. The highest BCUT2D eigenvalue weighted by Gasteiger charge is 2.27. The number of hydrogen-bond donors (Lipinski definition) is 3. The Kier molecular flexibility index (Phi) is 8.34. The van der Waals surface area contributed by atoms with Gasteiger partial charge in [0.1, 0.15) is 5.69 Å². The van der Waals surface area contributed by atoms with Crippen LogP contribution in [0.3, 0.4) is 0 Å². The number of rotatable bonds is 8. The fourth-order valence-corrected chi connectivity index (χ4v) is 6.42. The molecular weight excluding hydrogens is 512 g/mol. The van der Waals surface area contributed by atoms with E-state index in [0.717, 1.165) is 37.2 Å². The van der Waals surface area contributed by atoms with E-state index in [4.69, 9.17) is 15.7 Å². The quantitative estimate of drug-likeness (QED) is 0.373. The highest BCUT2D eigenvalue weighted by Crippen LogP contribution is 2.32. The fourth-order valence-electron chi connectivity index (χ4n) is 6.42. The summed E-state index contributed by atoms with van der Waals surface area (Å²) in [5, 5.41) is 6.94. The van der Waals surface area contributed by atoms with Crippen molar-refractivity contribution in [2.75, 3.05) is 61.8 Å². The summed E-state index contributed by atoms with van der Waals surface area (Å²) in [7, 11) is 2.21. The zero-order valence-electron chi connectivity index (χ0n) is 24.1. The number of likely N-dealkylation sites (N-methyl/N-ethyl adjacent to an activating group) is 1. The van der Waals surface area contributed by atoms with Crippen LogP contribution < -0.4 is 21.3 Å². The van der Waals surface area contributed by atoms with Crippen molar-refractivity contribution in [3.63, 3.8) is 0 Å². The molecule has 0 spiro atoms. The predicted octanol–water partition coefficient (Wildman–Crippen LogP) is 4.56. The zero-order chi connectivity index (χ0) is 28.2. The van der Waals surface area contributed by atoms with Crippen molar-refractivity contribution in [3.05, 3.63) is 60.3 Å². The minimum Gasteiger partial charge on any atom is -0.371 e. The predicted molar refractivity (Wildman–Crippen MR) is 166 cm³/mol. The third kappa shape index (κ3) is 6.47. The molecule has 3 aromatic rings. The van der Waals surface area contributed by atoms with E-state index in [0.29, 0.717) is 29.4 Å². The van der Waals surface area contributed by atoms with E-state index in [1.165, 1.54) is 57.5 Å². The molecule has 9 heteroatoms. The van der Waals surface area contributed by atoms with Crippen LogP contribution in [0.2, 0.25) is 0 Å². The Morgan fingerprint density at radius 3 is 2.17 bits per heavy atom. The van der Waals surface area contributed by atoms with Crippen molar-refractivity contribution < 1.29 is 4.79 Å². The van der Waals surface area contributed by atoms with Crippen molar-refractivity contribution in [2.24, 2.45) is 5.73 Å². The van der Waals surface area contributed by atoms with Crippen LogP contribution in [-0.4, -0.2) is 84.1 Å².